The average molecular weight is 1550 g/mol. The maximum Gasteiger partial charge on any atom is 0.472 e. The molecule has 106 heavy (non-hydrogen) atoms. The van der Waals surface area contributed by atoms with Gasteiger partial charge in [-0.3, -0.25) is 37.3 Å². The molecule has 0 saturated heterocycles. The van der Waals surface area contributed by atoms with E-state index in [4.69, 9.17) is 37.0 Å². The average Bonchev–Trinajstić information content (AvgIpc) is 0.908. The Morgan fingerprint density at radius 2 is 0.481 bits per heavy atom. The van der Waals surface area contributed by atoms with E-state index in [1.165, 1.54) is 283 Å². The Hall–Kier alpha value is -1.94. The molecule has 0 aromatic carbocycles. The summed E-state index contributed by atoms with van der Waals surface area (Å²) in [7, 11) is -9.93. The molecule has 19 heteroatoms. The number of aliphatic hydroxyl groups is 1. The lowest BCUT2D eigenvalue weighted by Gasteiger charge is -2.21. The maximum atomic E-state index is 13.2. The van der Waals surface area contributed by atoms with Crippen LogP contribution in [0.15, 0.2) is 0 Å². The van der Waals surface area contributed by atoms with Crippen LogP contribution in [0.3, 0.4) is 0 Å². The lowest BCUT2D eigenvalue weighted by Crippen LogP contribution is -2.30. The zero-order chi connectivity index (χ0) is 77.8. The molecule has 3 N–H and O–H groups in total. The molecular formula is C87H170O17P2. The number of carbonyl (C=O) groups excluding carboxylic acids is 4. The van der Waals surface area contributed by atoms with Crippen molar-refractivity contribution in [2.75, 3.05) is 39.6 Å². The van der Waals surface area contributed by atoms with Gasteiger partial charge < -0.3 is 33.8 Å². The van der Waals surface area contributed by atoms with Gasteiger partial charge in [0.15, 0.2) is 12.2 Å². The summed E-state index contributed by atoms with van der Waals surface area (Å²) in [5, 5.41) is 10.7. The van der Waals surface area contributed by atoms with Crippen molar-refractivity contribution in [1.29, 1.82) is 0 Å². The topological polar surface area (TPSA) is 237 Å². The van der Waals surface area contributed by atoms with Gasteiger partial charge in [0.2, 0.25) is 0 Å². The molecule has 0 amide bonds. The van der Waals surface area contributed by atoms with Crippen LogP contribution in [-0.2, 0) is 65.4 Å². The number of esters is 4. The molecule has 3 unspecified atom stereocenters. The van der Waals surface area contributed by atoms with Crippen molar-refractivity contribution in [2.45, 2.75) is 484 Å². The summed E-state index contributed by atoms with van der Waals surface area (Å²) in [5.74, 6) is -0.484. The maximum absolute atomic E-state index is 13.2. The van der Waals surface area contributed by atoms with Crippen molar-refractivity contribution in [3.63, 3.8) is 0 Å². The van der Waals surface area contributed by atoms with E-state index >= 15 is 0 Å². The summed E-state index contributed by atoms with van der Waals surface area (Å²) < 4.78 is 69.0. The molecule has 0 aliphatic carbocycles. The summed E-state index contributed by atoms with van der Waals surface area (Å²) in [6.07, 6.45) is 70.7. The minimum Gasteiger partial charge on any atom is -0.462 e. The molecule has 0 fully saturated rings. The number of rotatable bonds is 86. The molecule has 0 aliphatic heterocycles. The Bertz CT molecular complexity index is 2030. The second-order valence-electron chi connectivity index (χ2n) is 32.0. The van der Waals surface area contributed by atoms with Crippen molar-refractivity contribution in [1.82, 2.24) is 0 Å². The lowest BCUT2D eigenvalue weighted by molar-refractivity contribution is -0.161. The third kappa shape index (κ3) is 78.7. The van der Waals surface area contributed by atoms with Gasteiger partial charge in [-0.15, -0.1) is 0 Å². The van der Waals surface area contributed by atoms with E-state index < -0.39 is 97.5 Å². The van der Waals surface area contributed by atoms with E-state index in [0.29, 0.717) is 25.7 Å². The highest BCUT2D eigenvalue weighted by Crippen LogP contribution is 2.45. The van der Waals surface area contributed by atoms with Gasteiger partial charge in [0.05, 0.1) is 26.4 Å². The van der Waals surface area contributed by atoms with E-state index in [-0.39, 0.29) is 25.7 Å². The second kappa shape index (κ2) is 78.3. The van der Waals surface area contributed by atoms with Crippen molar-refractivity contribution in [3.8, 4) is 0 Å². The largest absolute Gasteiger partial charge is 0.472 e. The quantitative estimate of drug-likeness (QED) is 0.0222. The van der Waals surface area contributed by atoms with E-state index in [0.717, 1.165) is 102 Å². The number of hydrogen-bond acceptors (Lipinski definition) is 15. The fourth-order valence-corrected chi connectivity index (χ4v) is 15.1. The number of ether oxygens (including phenoxy) is 4. The fraction of sp³-hybridized carbons (Fsp3) is 0.954. The Morgan fingerprint density at radius 3 is 0.717 bits per heavy atom. The predicted molar refractivity (Wildman–Crippen MR) is 437 cm³/mol. The van der Waals surface area contributed by atoms with Gasteiger partial charge in [0.25, 0.3) is 0 Å². The van der Waals surface area contributed by atoms with Crippen molar-refractivity contribution in [2.24, 2.45) is 11.8 Å². The first-order chi connectivity index (χ1) is 51.4. The van der Waals surface area contributed by atoms with Crippen LogP contribution in [-0.4, -0.2) is 96.7 Å². The van der Waals surface area contributed by atoms with Crippen LogP contribution in [0.25, 0.3) is 0 Å². The zero-order valence-corrected chi connectivity index (χ0v) is 71.5. The first-order valence-electron chi connectivity index (χ1n) is 45.0. The van der Waals surface area contributed by atoms with Gasteiger partial charge in [-0.1, -0.05) is 414 Å². The number of hydrogen-bond donors (Lipinski definition) is 3. The third-order valence-electron chi connectivity index (χ3n) is 20.8. The highest BCUT2D eigenvalue weighted by atomic mass is 31.2. The molecule has 0 radical (unpaired) electrons. The molecular weight excluding hydrogens is 1380 g/mol. The predicted octanol–water partition coefficient (Wildman–Crippen LogP) is 26.6. The molecule has 630 valence electrons. The standard InChI is InChI=1S/C87H170O17P2/c1-7-10-12-14-16-18-20-22-23-24-25-26-27-28-29-35-41-47-53-59-65-71-86(91)103-82(75-98-85(90)70-64-58-52-46-40-34-31-30-33-38-44-50-56-62-68-80(6)9-3)77-101-105(93,94)99-73-81(88)74-100-106(95,96)102-78-83(76-97-84(89)69-63-57-51-45-39-32-21-19-17-15-13-11-8-2)104-87(92)72-66-60-54-48-42-36-37-43-49-55-61-67-79(4)5/h79-83,88H,7-78H2,1-6H3,(H,93,94)(H,95,96)/t80?,81-,82-,83-/m1/s1. The number of phosphoric ester groups is 2. The van der Waals surface area contributed by atoms with Gasteiger partial charge >= 0.3 is 39.5 Å². The van der Waals surface area contributed by atoms with Crippen molar-refractivity contribution in [3.05, 3.63) is 0 Å². The van der Waals surface area contributed by atoms with Crippen molar-refractivity contribution >= 4 is 39.5 Å². The molecule has 0 aromatic heterocycles. The fourth-order valence-electron chi connectivity index (χ4n) is 13.6. The second-order valence-corrected chi connectivity index (χ2v) is 34.9. The van der Waals surface area contributed by atoms with Crippen LogP contribution in [0.1, 0.15) is 465 Å². The van der Waals surface area contributed by atoms with Gasteiger partial charge in [-0.25, -0.2) is 9.13 Å². The summed E-state index contributed by atoms with van der Waals surface area (Å²) in [5.41, 5.74) is 0. The first kappa shape index (κ1) is 104. The first-order valence-corrected chi connectivity index (χ1v) is 48.0. The van der Waals surface area contributed by atoms with E-state index in [1.807, 2.05) is 0 Å². The van der Waals surface area contributed by atoms with E-state index in [1.54, 1.807) is 0 Å². The van der Waals surface area contributed by atoms with Crippen LogP contribution >= 0.6 is 15.6 Å². The summed E-state index contributed by atoms with van der Waals surface area (Å²) >= 11 is 0. The smallest absolute Gasteiger partial charge is 0.462 e. The summed E-state index contributed by atoms with van der Waals surface area (Å²) in [4.78, 5) is 73.3. The monoisotopic (exact) mass is 1550 g/mol. The number of aliphatic hydroxyl groups excluding tert-OH is 1. The van der Waals surface area contributed by atoms with Crippen LogP contribution in [0, 0.1) is 11.8 Å². The number of carbonyl (C=O) groups is 4. The minimum absolute atomic E-state index is 0.107. The van der Waals surface area contributed by atoms with Crippen LogP contribution < -0.4 is 0 Å². The Morgan fingerprint density at radius 1 is 0.274 bits per heavy atom. The Labute approximate surface area is 651 Å². The van der Waals surface area contributed by atoms with Gasteiger partial charge in [-0.2, -0.15) is 0 Å². The van der Waals surface area contributed by atoms with Crippen molar-refractivity contribution < 1.29 is 80.2 Å². The minimum atomic E-state index is -4.97. The lowest BCUT2D eigenvalue weighted by atomic mass is 9.99. The van der Waals surface area contributed by atoms with E-state index in [9.17, 15) is 43.2 Å². The van der Waals surface area contributed by atoms with Crippen LogP contribution in [0.5, 0.6) is 0 Å². The molecule has 0 rings (SSSR count). The molecule has 6 atom stereocenters. The Kier molecular flexibility index (Phi) is 76.9. The van der Waals surface area contributed by atoms with E-state index in [2.05, 4.69) is 41.5 Å². The van der Waals surface area contributed by atoms with Crippen LogP contribution in [0.2, 0.25) is 0 Å². The molecule has 0 aliphatic rings. The molecule has 0 spiro atoms. The number of phosphoric acid groups is 2. The normalized spacial score (nSPS) is 14.1. The molecule has 0 bridgehead atoms. The molecule has 0 saturated carbocycles. The number of unbranched alkanes of at least 4 members (excludes halogenated alkanes) is 55. The van der Waals surface area contributed by atoms with Gasteiger partial charge in [0, 0.05) is 25.7 Å². The summed E-state index contributed by atoms with van der Waals surface area (Å²) in [6.45, 7) is 9.74. The van der Waals surface area contributed by atoms with Gasteiger partial charge in [-0.05, 0) is 37.5 Å². The molecule has 0 heterocycles. The molecule has 0 aromatic rings. The molecule has 17 nitrogen and oxygen atoms in total. The highest BCUT2D eigenvalue weighted by Gasteiger charge is 2.30. The highest BCUT2D eigenvalue weighted by molar-refractivity contribution is 7.47. The SMILES string of the molecule is CCCCCCCCCCCCCCCCCCCCCCCC(=O)O[C@H](COC(=O)CCCCCCCCCCCCCCCCC(C)CC)COP(=O)(O)OC[C@@H](O)COP(=O)(O)OC[C@@H](COC(=O)CCCCCCCCCCCCCCC)OC(=O)CCCCCCCCCCCCCC(C)C. The van der Waals surface area contributed by atoms with Gasteiger partial charge in [0.1, 0.15) is 19.3 Å². The third-order valence-corrected chi connectivity index (χ3v) is 22.7. The van der Waals surface area contributed by atoms with Crippen LogP contribution in [0.4, 0.5) is 0 Å². The zero-order valence-electron chi connectivity index (χ0n) is 69.7. The summed E-state index contributed by atoms with van der Waals surface area (Å²) in [6, 6.07) is 0. The Balaban J connectivity index is 5.25.